The van der Waals surface area contributed by atoms with E-state index in [0.717, 1.165) is 5.75 Å². The van der Waals surface area contributed by atoms with Gasteiger partial charge in [0.15, 0.2) is 0 Å². The second-order valence-electron chi connectivity index (χ2n) is 3.86. The Morgan fingerprint density at radius 1 is 1.29 bits per heavy atom. The smallest absolute Gasteiger partial charge is 0.119 e. The molecule has 0 aromatic heterocycles. The molecule has 0 aliphatic carbocycles. The Kier molecular flexibility index (Phi) is 3.53. The normalized spacial score (nSPS) is 13.0. The van der Waals surface area contributed by atoms with Gasteiger partial charge in [-0.2, -0.15) is 0 Å². The molecular formula is C12H19NO. The lowest BCUT2D eigenvalue weighted by Crippen LogP contribution is -2.17. The zero-order valence-corrected chi connectivity index (χ0v) is 9.66. The van der Waals surface area contributed by atoms with Crippen LogP contribution in [0.5, 0.6) is 5.75 Å². The van der Waals surface area contributed by atoms with Crippen molar-refractivity contribution >= 4 is 0 Å². The molecule has 2 nitrogen and oxygen atoms in total. The van der Waals surface area contributed by atoms with Crippen LogP contribution in [0.15, 0.2) is 18.2 Å². The number of nitrogens with zero attached hydrogens (tertiary/aromatic N) is 1. The number of methoxy groups -OCH3 is 1. The second kappa shape index (κ2) is 4.47. The van der Waals surface area contributed by atoms with Gasteiger partial charge in [0.2, 0.25) is 0 Å². The van der Waals surface area contributed by atoms with Gasteiger partial charge < -0.3 is 9.64 Å². The highest BCUT2D eigenvalue weighted by Crippen LogP contribution is 2.25. The fourth-order valence-corrected chi connectivity index (χ4v) is 1.47. The monoisotopic (exact) mass is 193 g/mol. The molecular weight excluding hydrogens is 174 g/mol. The van der Waals surface area contributed by atoms with E-state index in [1.54, 1.807) is 7.11 Å². The predicted molar refractivity (Wildman–Crippen MR) is 59.8 cm³/mol. The second-order valence-corrected chi connectivity index (χ2v) is 3.86. The summed E-state index contributed by atoms with van der Waals surface area (Å²) in [7, 11) is 5.88. The minimum Gasteiger partial charge on any atom is -0.497 e. The van der Waals surface area contributed by atoms with Gasteiger partial charge in [0.1, 0.15) is 5.75 Å². The zero-order chi connectivity index (χ0) is 10.7. The predicted octanol–water partition coefficient (Wildman–Crippen LogP) is 2.63. The molecule has 14 heavy (non-hydrogen) atoms. The molecule has 0 N–H and O–H groups in total. The molecule has 0 saturated carbocycles. The first-order chi connectivity index (χ1) is 6.56. The Morgan fingerprint density at radius 3 is 2.43 bits per heavy atom. The van der Waals surface area contributed by atoms with Crippen LogP contribution < -0.4 is 4.74 Å². The maximum absolute atomic E-state index is 5.22. The first kappa shape index (κ1) is 11.1. The number of benzene rings is 1. The topological polar surface area (TPSA) is 12.5 Å². The molecule has 0 heterocycles. The number of ether oxygens (including phenoxy) is 1. The first-order valence-corrected chi connectivity index (χ1v) is 4.87. The van der Waals surface area contributed by atoms with Gasteiger partial charge in [-0.05, 0) is 51.2 Å². The van der Waals surface area contributed by atoms with Crippen LogP contribution in [0.4, 0.5) is 0 Å². The SMILES string of the molecule is COc1ccc(C)c(C(C)N(C)C)c1. The molecule has 0 aliphatic heterocycles. The summed E-state index contributed by atoms with van der Waals surface area (Å²) in [4.78, 5) is 2.20. The van der Waals surface area contributed by atoms with Crippen LogP contribution in [0.25, 0.3) is 0 Å². The Bertz CT molecular complexity index is 307. The number of aryl methyl sites for hydroxylation is 1. The van der Waals surface area contributed by atoms with E-state index in [-0.39, 0.29) is 0 Å². The summed E-state index contributed by atoms with van der Waals surface area (Å²) >= 11 is 0. The number of hydrogen-bond donors (Lipinski definition) is 0. The standard InChI is InChI=1S/C12H19NO/c1-9-6-7-11(14-5)8-12(9)10(2)13(3)4/h6-8,10H,1-5H3. The Balaban J connectivity index is 3.05. The minimum absolute atomic E-state index is 0.421. The molecule has 0 aliphatic rings. The Morgan fingerprint density at radius 2 is 1.93 bits per heavy atom. The lowest BCUT2D eigenvalue weighted by Gasteiger charge is -2.22. The van der Waals surface area contributed by atoms with Crippen molar-refractivity contribution in [2.75, 3.05) is 21.2 Å². The van der Waals surface area contributed by atoms with Gasteiger partial charge in [-0.1, -0.05) is 6.07 Å². The maximum Gasteiger partial charge on any atom is 0.119 e. The van der Waals surface area contributed by atoms with Gasteiger partial charge in [0.05, 0.1) is 7.11 Å². The van der Waals surface area contributed by atoms with Crippen LogP contribution in [0.3, 0.4) is 0 Å². The van der Waals surface area contributed by atoms with Gasteiger partial charge >= 0.3 is 0 Å². The summed E-state index contributed by atoms with van der Waals surface area (Å²) in [5.74, 6) is 0.930. The molecule has 1 rings (SSSR count). The van der Waals surface area contributed by atoms with E-state index in [2.05, 4.69) is 45.0 Å². The van der Waals surface area contributed by atoms with Crippen molar-refractivity contribution in [1.82, 2.24) is 4.90 Å². The van der Waals surface area contributed by atoms with Crippen LogP contribution in [-0.4, -0.2) is 26.1 Å². The van der Waals surface area contributed by atoms with E-state index in [9.17, 15) is 0 Å². The van der Waals surface area contributed by atoms with Crippen molar-refractivity contribution in [2.24, 2.45) is 0 Å². The van der Waals surface area contributed by atoms with Gasteiger partial charge in [0, 0.05) is 6.04 Å². The Hall–Kier alpha value is -1.02. The average Bonchev–Trinajstić information content (AvgIpc) is 2.17. The van der Waals surface area contributed by atoms with Crippen LogP contribution in [0, 0.1) is 6.92 Å². The fourth-order valence-electron chi connectivity index (χ4n) is 1.47. The highest BCUT2D eigenvalue weighted by atomic mass is 16.5. The molecule has 78 valence electrons. The van der Waals surface area contributed by atoms with Crippen molar-refractivity contribution in [1.29, 1.82) is 0 Å². The van der Waals surface area contributed by atoms with E-state index >= 15 is 0 Å². The molecule has 0 spiro atoms. The molecule has 2 heteroatoms. The molecule has 0 saturated heterocycles. The summed E-state index contributed by atoms with van der Waals surface area (Å²) in [6, 6.07) is 6.64. The third kappa shape index (κ3) is 2.26. The molecule has 1 aromatic rings. The molecule has 1 unspecified atom stereocenters. The van der Waals surface area contributed by atoms with Gasteiger partial charge in [0.25, 0.3) is 0 Å². The van der Waals surface area contributed by atoms with E-state index in [1.807, 2.05) is 6.07 Å². The third-order valence-corrected chi connectivity index (χ3v) is 2.71. The van der Waals surface area contributed by atoms with Crippen LogP contribution in [0.1, 0.15) is 24.1 Å². The molecule has 0 radical (unpaired) electrons. The summed E-state index contributed by atoms with van der Waals surface area (Å²) in [6.07, 6.45) is 0. The zero-order valence-electron chi connectivity index (χ0n) is 9.66. The lowest BCUT2D eigenvalue weighted by molar-refractivity contribution is 0.318. The van der Waals surface area contributed by atoms with Crippen molar-refractivity contribution in [2.45, 2.75) is 19.9 Å². The average molecular weight is 193 g/mol. The van der Waals surface area contributed by atoms with E-state index in [1.165, 1.54) is 11.1 Å². The third-order valence-electron chi connectivity index (χ3n) is 2.71. The molecule has 0 bridgehead atoms. The van der Waals surface area contributed by atoms with Gasteiger partial charge in [-0.3, -0.25) is 0 Å². The van der Waals surface area contributed by atoms with Crippen LogP contribution in [0.2, 0.25) is 0 Å². The molecule has 1 atom stereocenters. The lowest BCUT2D eigenvalue weighted by atomic mass is 10.0. The van der Waals surface area contributed by atoms with E-state index < -0.39 is 0 Å². The highest BCUT2D eigenvalue weighted by Gasteiger charge is 2.11. The Labute approximate surface area is 86.5 Å². The fraction of sp³-hybridized carbons (Fsp3) is 0.500. The molecule has 0 fully saturated rings. The number of hydrogen-bond acceptors (Lipinski definition) is 2. The maximum atomic E-state index is 5.22. The van der Waals surface area contributed by atoms with Crippen molar-refractivity contribution in [3.8, 4) is 5.75 Å². The van der Waals surface area contributed by atoms with E-state index in [0.29, 0.717) is 6.04 Å². The quantitative estimate of drug-likeness (QED) is 0.731. The van der Waals surface area contributed by atoms with Crippen molar-refractivity contribution < 1.29 is 4.74 Å². The minimum atomic E-state index is 0.421. The van der Waals surface area contributed by atoms with Crippen molar-refractivity contribution in [3.05, 3.63) is 29.3 Å². The largest absolute Gasteiger partial charge is 0.497 e. The van der Waals surface area contributed by atoms with Gasteiger partial charge in [-0.25, -0.2) is 0 Å². The van der Waals surface area contributed by atoms with Crippen LogP contribution >= 0.6 is 0 Å². The van der Waals surface area contributed by atoms with Gasteiger partial charge in [-0.15, -0.1) is 0 Å². The summed E-state index contributed by atoms with van der Waals surface area (Å²) in [6.45, 7) is 4.33. The number of rotatable bonds is 3. The summed E-state index contributed by atoms with van der Waals surface area (Å²) < 4.78 is 5.22. The molecule has 0 amide bonds. The highest BCUT2D eigenvalue weighted by molar-refractivity contribution is 5.36. The molecule has 1 aromatic carbocycles. The summed E-state index contributed by atoms with van der Waals surface area (Å²) in [5, 5.41) is 0. The first-order valence-electron chi connectivity index (χ1n) is 4.87. The summed E-state index contributed by atoms with van der Waals surface area (Å²) in [5.41, 5.74) is 2.64. The van der Waals surface area contributed by atoms with E-state index in [4.69, 9.17) is 4.74 Å². The van der Waals surface area contributed by atoms with Crippen molar-refractivity contribution in [3.63, 3.8) is 0 Å². The van der Waals surface area contributed by atoms with Crippen LogP contribution in [-0.2, 0) is 0 Å².